The molecular weight excluding hydrogens is 362 g/mol. The summed E-state index contributed by atoms with van der Waals surface area (Å²) in [6.07, 6.45) is 1.56. The van der Waals surface area contributed by atoms with Crippen LogP contribution < -0.4 is 5.32 Å². The van der Waals surface area contributed by atoms with Gasteiger partial charge in [-0.15, -0.1) is 0 Å². The Morgan fingerprint density at radius 2 is 1.48 bits per heavy atom. The molecule has 136 valence electrons. The number of anilines is 1. The van der Waals surface area contributed by atoms with Crippen molar-refractivity contribution in [1.82, 2.24) is 0 Å². The number of carbonyl (C=O) groups excluding carboxylic acids is 1. The lowest BCUT2D eigenvalue weighted by Crippen LogP contribution is -2.15. The minimum Gasteiger partial charge on any atom is -0.478 e. The zero-order valence-electron chi connectivity index (χ0n) is 14.5. The van der Waals surface area contributed by atoms with E-state index in [0.29, 0.717) is 10.6 Å². The first-order chi connectivity index (χ1) is 13.0. The summed E-state index contributed by atoms with van der Waals surface area (Å²) in [6, 6.07) is 21.7. The van der Waals surface area contributed by atoms with Gasteiger partial charge in [0.25, 0.3) is 5.91 Å². The molecule has 27 heavy (non-hydrogen) atoms. The average Bonchev–Trinajstić information content (AvgIpc) is 2.67. The van der Waals surface area contributed by atoms with Gasteiger partial charge in [-0.1, -0.05) is 60.1 Å². The highest BCUT2D eigenvalue weighted by Gasteiger charge is 2.16. The van der Waals surface area contributed by atoms with Crippen molar-refractivity contribution in [2.75, 3.05) is 5.32 Å². The molecule has 0 aliphatic heterocycles. The molecule has 2 N–H and O–H groups in total. The number of carboxylic acids is 1. The van der Waals surface area contributed by atoms with Gasteiger partial charge in [-0.2, -0.15) is 0 Å². The standard InChI is InChI=1S/C22H18ClNO3/c23-19-9-5-4-8-17(19)21(25)24-20-14-16(12-13-18(20)22(26)27)11-10-15-6-2-1-3-7-15/h1-9,12-14H,10-11H2,(H,24,25)(H,26,27). The molecule has 3 aromatic rings. The van der Waals surface area contributed by atoms with Crippen LogP contribution in [0.2, 0.25) is 5.02 Å². The summed E-state index contributed by atoms with van der Waals surface area (Å²) in [5.41, 5.74) is 2.74. The molecule has 5 heteroatoms. The van der Waals surface area contributed by atoms with Crippen molar-refractivity contribution in [1.29, 1.82) is 0 Å². The summed E-state index contributed by atoms with van der Waals surface area (Å²) in [7, 11) is 0. The van der Waals surface area contributed by atoms with Gasteiger partial charge in [0.2, 0.25) is 0 Å². The molecule has 0 unspecified atom stereocenters. The molecular formula is C22H18ClNO3. The van der Waals surface area contributed by atoms with Crippen molar-refractivity contribution in [3.05, 3.63) is 100 Å². The van der Waals surface area contributed by atoms with E-state index in [1.807, 2.05) is 30.3 Å². The molecule has 1 amide bonds. The van der Waals surface area contributed by atoms with Crippen LogP contribution in [0.4, 0.5) is 5.69 Å². The molecule has 0 aromatic heterocycles. The van der Waals surface area contributed by atoms with Crippen LogP contribution in [0.5, 0.6) is 0 Å². The van der Waals surface area contributed by atoms with Gasteiger partial charge in [-0.3, -0.25) is 4.79 Å². The van der Waals surface area contributed by atoms with E-state index in [1.165, 1.54) is 11.6 Å². The fraction of sp³-hybridized carbons (Fsp3) is 0.0909. The van der Waals surface area contributed by atoms with Crippen molar-refractivity contribution in [3.63, 3.8) is 0 Å². The maximum Gasteiger partial charge on any atom is 0.337 e. The van der Waals surface area contributed by atoms with Gasteiger partial charge < -0.3 is 10.4 Å². The molecule has 0 saturated carbocycles. The van der Waals surface area contributed by atoms with E-state index in [4.69, 9.17) is 11.6 Å². The monoisotopic (exact) mass is 379 g/mol. The van der Waals surface area contributed by atoms with Gasteiger partial charge in [-0.05, 0) is 48.2 Å². The predicted molar refractivity (Wildman–Crippen MR) is 107 cm³/mol. The normalized spacial score (nSPS) is 10.4. The fourth-order valence-corrected chi connectivity index (χ4v) is 3.03. The smallest absolute Gasteiger partial charge is 0.337 e. The van der Waals surface area contributed by atoms with E-state index in [0.717, 1.165) is 18.4 Å². The fourth-order valence-electron chi connectivity index (χ4n) is 2.81. The quantitative estimate of drug-likeness (QED) is 0.628. The van der Waals surface area contributed by atoms with Crippen LogP contribution in [0.1, 0.15) is 31.8 Å². The van der Waals surface area contributed by atoms with Gasteiger partial charge in [0.15, 0.2) is 0 Å². The van der Waals surface area contributed by atoms with Crippen molar-refractivity contribution in [3.8, 4) is 0 Å². The third-order valence-corrected chi connectivity index (χ3v) is 4.56. The number of hydrogen-bond donors (Lipinski definition) is 2. The molecule has 0 aliphatic carbocycles. The molecule has 0 aliphatic rings. The molecule has 0 heterocycles. The van der Waals surface area contributed by atoms with E-state index < -0.39 is 11.9 Å². The van der Waals surface area contributed by atoms with Gasteiger partial charge in [-0.25, -0.2) is 4.79 Å². The van der Waals surface area contributed by atoms with E-state index in [1.54, 1.807) is 36.4 Å². The van der Waals surface area contributed by atoms with Crippen LogP contribution in [0.15, 0.2) is 72.8 Å². The lowest BCUT2D eigenvalue weighted by molar-refractivity contribution is 0.0698. The Morgan fingerprint density at radius 1 is 0.815 bits per heavy atom. The maximum atomic E-state index is 12.5. The molecule has 3 aromatic carbocycles. The van der Waals surface area contributed by atoms with E-state index >= 15 is 0 Å². The van der Waals surface area contributed by atoms with Crippen LogP contribution in [-0.4, -0.2) is 17.0 Å². The van der Waals surface area contributed by atoms with Crippen LogP contribution in [0, 0.1) is 0 Å². The molecule has 0 radical (unpaired) electrons. The zero-order chi connectivity index (χ0) is 19.2. The molecule has 3 rings (SSSR count). The van der Waals surface area contributed by atoms with Crippen LogP contribution in [0.3, 0.4) is 0 Å². The minimum atomic E-state index is -1.10. The number of aromatic carboxylic acids is 1. The summed E-state index contributed by atoms with van der Waals surface area (Å²) in [5.74, 6) is -1.54. The van der Waals surface area contributed by atoms with E-state index in [9.17, 15) is 14.7 Å². The summed E-state index contributed by atoms with van der Waals surface area (Å²) < 4.78 is 0. The topological polar surface area (TPSA) is 66.4 Å². The highest BCUT2D eigenvalue weighted by atomic mass is 35.5. The largest absolute Gasteiger partial charge is 0.478 e. The average molecular weight is 380 g/mol. The number of aryl methyl sites for hydroxylation is 2. The predicted octanol–water partition coefficient (Wildman–Crippen LogP) is 5.08. The number of amides is 1. The summed E-state index contributed by atoms with van der Waals surface area (Å²) in [6.45, 7) is 0. The van der Waals surface area contributed by atoms with Crippen molar-refractivity contribution in [2.24, 2.45) is 0 Å². The third kappa shape index (κ3) is 4.74. The number of hydrogen-bond acceptors (Lipinski definition) is 2. The van der Waals surface area contributed by atoms with Gasteiger partial charge >= 0.3 is 5.97 Å². The number of halogens is 1. The second-order valence-corrected chi connectivity index (χ2v) is 6.51. The number of benzene rings is 3. The first kappa shape index (κ1) is 18.7. The Balaban J connectivity index is 1.82. The number of rotatable bonds is 6. The van der Waals surface area contributed by atoms with Gasteiger partial charge in [0.1, 0.15) is 0 Å². The Morgan fingerprint density at radius 3 is 2.19 bits per heavy atom. The van der Waals surface area contributed by atoms with Crippen molar-refractivity contribution >= 4 is 29.2 Å². The first-order valence-corrected chi connectivity index (χ1v) is 8.88. The van der Waals surface area contributed by atoms with Crippen molar-refractivity contribution < 1.29 is 14.7 Å². The number of carbonyl (C=O) groups is 2. The minimum absolute atomic E-state index is 0.0406. The summed E-state index contributed by atoms with van der Waals surface area (Å²) >= 11 is 6.06. The molecule has 0 saturated heterocycles. The Bertz CT molecular complexity index is 970. The Hall–Kier alpha value is -3.11. The van der Waals surface area contributed by atoms with Crippen LogP contribution >= 0.6 is 11.6 Å². The second kappa shape index (κ2) is 8.52. The maximum absolute atomic E-state index is 12.5. The number of carboxylic acid groups (broad SMARTS) is 1. The van der Waals surface area contributed by atoms with Crippen LogP contribution in [0.25, 0.3) is 0 Å². The zero-order valence-corrected chi connectivity index (χ0v) is 15.2. The second-order valence-electron chi connectivity index (χ2n) is 6.10. The molecule has 0 bridgehead atoms. The highest BCUT2D eigenvalue weighted by molar-refractivity contribution is 6.34. The lowest BCUT2D eigenvalue weighted by Gasteiger charge is -2.12. The molecule has 0 spiro atoms. The van der Waals surface area contributed by atoms with Gasteiger partial charge in [0.05, 0.1) is 21.8 Å². The molecule has 0 atom stereocenters. The van der Waals surface area contributed by atoms with Crippen molar-refractivity contribution in [2.45, 2.75) is 12.8 Å². The third-order valence-electron chi connectivity index (χ3n) is 4.23. The summed E-state index contributed by atoms with van der Waals surface area (Å²) in [5, 5.41) is 12.4. The van der Waals surface area contributed by atoms with E-state index in [2.05, 4.69) is 5.32 Å². The lowest BCUT2D eigenvalue weighted by atomic mass is 10.0. The van der Waals surface area contributed by atoms with Gasteiger partial charge in [0, 0.05) is 0 Å². The first-order valence-electron chi connectivity index (χ1n) is 8.50. The number of nitrogens with one attached hydrogen (secondary N) is 1. The SMILES string of the molecule is O=C(Nc1cc(CCc2ccccc2)ccc1C(=O)O)c1ccccc1Cl. The highest BCUT2D eigenvalue weighted by Crippen LogP contribution is 2.22. The Kier molecular flexibility index (Phi) is 5.89. The molecule has 4 nitrogen and oxygen atoms in total. The Labute approximate surface area is 162 Å². The summed E-state index contributed by atoms with van der Waals surface area (Å²) in [4.78, 5) is 24.0. The van der Waals surface area contributed by atoms with Crippen LogP contribution in [-0.2, 0) is 12.8 Å². The van der Waals surface area contributed by atoms with E-state index in [-0.39, 0.29) is 11.3 Å². The molecule has 0 fully saturated rings.